The Balaban J connectivity index is 1.67. The number of carbonyl (C=O) groups is 3. The van der Waals surface area contributed by atoms with E-state index >= 15 is 0 Å². The highest BCUT2D eigenvalue weighted by Gasteiger charge is 2.60. The third kappa shape index (κ3) is 6.98. The Hall–Kier alpha value is -4.38. The van der Waals surface area contributed by atoms with Crippen LogP contribution < -0.4 is 11.1 Å². The molecule has 13 nitrogen and oxygen atoms in total. The summed E-state index contributed by atoms with van der Waals surface area (Å²) in [7, 11) is 0. The second-order valence-corrected chi connectivity index (χ2v) is 12.7. The molecule has 1 fully saturated rings. The van der Waals surface area contributed by atoms with Crippen molar-refractivity contribution >= 4 is 29.2 Å². The number of aliphatic hydroxyl groups is 1. The van der Waals surface area contributed by atoms with Crippen molar-refractivity contribution in [2.75, 3.05) is 11.9 Å². The average Bonchev–Trinajstić information content (AvgIpc) is 3.55. The maximum Gasteiger partial charge on any atom is 0.323 e. The normalized spacial score (nSPS) is 22.9. The molecular formula is C32H40N6O7. The average molecular weight is 621 g/mol. The number of ether oxygens (including phenoxy) is 3. The Labute approximate surface area is 261 Å². The molecular weight excluding hydrogens is 580 g/mol. The molecule has 0 unspecified atom stereocenters. The van der Waals surface area contributed by atoms with Crippen molar-refractivity contribution < 1.29 is 33.7 Å². The molecule has 45 heavy (non-hydrogen) atoms. The van der Waals surface area contributed by atoms with E-state index in [1.165, 1.54) is 16.9 Å². The van der Waals surface area contributed by atoms with Gasteiger partial charge in [-0.1, -0.05) is 71.9 Å². The SMILES string of the molecule is CC(C)[C@@H](C)C(=O)Nc1ncnn2c([C@]3(C#N)O[C@H](COC(=O)Cc4ccccc4)[C@@H](OC(=O)[C@@H](N)C(C)(C)C)[C@H]3O)ccc12. The molecule has 4 N–H and O–H groups in total. The van der Waals surface area contributed by atoms with Gasteiger partial charge in [-0.15, -0.1) is 0 Å². The zero-order chi connectivity index (χ0) is 33.1. The Bertz CT molecular complexity index is 1580. The van der Waals surface area contributed by atoms with E-state index in [0.29, 0.717) is 5.52 Å². The number of nitrogens with zero attached hydrogens (tertiary/aromatic N) is 4. The molecule has 2 aromatic heterocycles. The summed E-state index contributed by atoms with van der Waals surface area (Å²) in [6.07, 6.45) is -3.25. The van der Waals surface area contributed by atoms with Crippen LogP contribution in [0, 0.1) is 28.6 Å². The fraction of sp³-hybridized carbons (Fsp3) is 0.500. The number of esters is 2. The van der Waals surface area contributed by atoms with Gasteiger partial charge < -0.3 is 30.4 Å². The second kappa shape index (κ2) is 13.3. The number of rotatable bonds is 10. The Kier molecular flexibility index (Phi) is 9.92. The summed E-state index contributed by atoms with van der Waals surface area (Å²) < 4.78 is 18.6. The van der Waals surface area contributed by atoms with Crippen LogP contribution >= 0.6 is 0 Å². The number of carbonyl (C=O) groups excluding carboxylic acids is 3. The molecule has 4 rings (SSSR count). The van der Waals surface area contributed by atoms with Gasteiger partial charge in [0.2, 0.25) is 11.5 Å². The van der Waals surface area contributed by atoms with Gasteiger partial charge in [-0.05, 0) is 29.0 Å². The number of aromatic nitrogens is 3. The Morgan fingerprint density at radius 2 is 1.87 bits per heavy atom. The summed E-state index contributed by atoms with van der Waals surface area (Å²) in [4.78, 5) is 42.8. The van der Waals surface area contributed by atoms with Crippen LogP contribution in [-0.4, -0.2) is 68.5 Å². The molecule has 1 aliphatic heterocycles. The third-order valence-corrected chi connectivity index (χ3v) is 8.12. The maximum absolute atomic E-state index is 13.1. The number of hydrogen-bond donors (Lipinski definition) is 3. The highest BCUT2D eigenvalue weighted by molar-refractivity contribution is 5.95. The third-order valence-electron chi connectivity index (χ3n) is 8.12. The summed E-state index contributed by atoms with van der Waals surface area (Å²) in [5.41, 5.74) is 4.49. The molecule has 13 heteroatoms. The molecule has 1 aliphatic rings. The molecule has 0 bridgehead atoms. The summed E-state index contributed by atoms with van der Waals surface area (Å²) in [6.45, 7) is 10.5. The monoisotopic (exact) mass is 620 g/mol. The number of hydrogen-bond acceptors (Lipinski definition) is 11. The van der Waals surface area contributed by atoms with Gasteiger partial charge in [-0.3, -0.25) is 14.4 Å². The zero-order valence-corrected chi connectivity index (χ0v) is 26.3. The van der Waals surface area contributed by atoms with Crippen LogP contribution in [-0.2, 0) is 40.6 Å². The first-order valence-corrected chi connectivity index (χ1v) is 14.8. The predicted molar refractivity (Wildman–Crippen MR) is 162 cm³/mol. The minimum atomic E-state index is -2.12. The van der Waals surface area contributed by atoms with E-state index in [-0.39, 0.29) is 35.7 Å². The van der Waals surface area contributed by atoms with Crippen molar-refractivity contribution in [3.8, 4) is 6.07 Å². The standard InChI is InChI=1S/C32H40N6O7/c1-18(2)19(3)29(41)37-28-21-12-13-23(38(21)36-17-35-28)32(16-33)27(40)25(44-30(42)26(34)31(4,5)6)22(45-32)15-43-24(39)14-20-10-8-7-9-11-20/h7-13,17-19,22,25-27,40H,14-15,34H2,1-6H3,(H,35,36,37,41)/t19-,22-,25-,26-,27-,32+/m1/s1. The van der Waals surface area contributed by atoms with Crippen LogP contribution in [0.4, 0.5) is 5.82 Å². The smallest absolute Gasteiger partial charge is 0.323 e. The minimum absolute atomic E-state index is 0.0248. The highest BCUT2D eigenvalue weighted by Crippen LogP contribution is 2.42. The first-order chi connectivity index (χ1) is 21.2. The molecule has 0 radical (unpaired) electrons. The fourth-order valence-corrected chi connectivity index (χ4v) is 4.84. The summed E-state index contributed by atoms with van der Waals surface area (Å²) in [6, 6.07) is 13.0. The molecule has 6 atom stereocenters. The lowest BCUT2D eigenvalue weighted by atomic mass is 9.87. The quantitative estimate of drug-likeness (QED) is 0.282. The number of fused-ring (bicyclic) bond motifs is 1. The van der Waals surface area contributed by atoms with Gasteiger partial charge in [0, 0.05) is 5.92 Å². The molecule has 1 amide bonds. The van der Waals surface area contributed by atoms with Crippen molar-refractivity contribution in [3.63, 3.8) is 0 Å². The summed E-state index contributed by atoms with van der Waals surface area (Å²) >= 11 is 0. The topological polar surface area (TPSA) is 191 Å². The summed E-state index contributed by atoms with van der Waals surface area (Å²) in [5, 5.41) is 29.2. The van der Waals surface area contributed by atoms with E-state index in [1.54, 1.807) is 58.0 Å². The fourth-order valence-electron chi connectivity index (χ4n) is 4.84. The first-order valence-electron chi connectivity index (χ1n) is 14.8. The van der Waals surface area contributed by atoms with Gasteiger partial charge in [0.25, 0.3) is 0 Å². The molecule has 0 saturated carbocycles. The van der Waals surface area contributed by atoms with E-state index in [9.17, 15) is 24.8 Å². The molecule has 3 aromatic rings. The number of benzene rings is 1. The van der Waals surface area contributed by atoms with Crippen molar-refractivity contribution in [2.45, 2.75) is 77.9 Å². The van der Waals surface area contributed by atoms with Crippen LogP contribution in [0.5, 0.6) is 0 Å². The van der Waals surface area contributed by atoms with E-state index in [2.05, 4.69) is 15.4 Å². The molecule has 3 heterocycles. The van der Waals surface area contributed by atoms with Crippen molar-refractivity contribution in [1.29, 1.82) is 5.26 Å². The lowest BCUT2D eigenvalue weighted by molar-refractivity contribution is -0.163. The molecule has 240 valence electrons. The van der Waals surface area contributed by atoms with Crippen LogP contribution in [0.3, 0.4) is 0 Å². The highest BCUT2D eigenvalue weighted by atomic mass is 16.6. The molecule has 1 aromatic carbocycles. The lowest BCUT2D eigenvalue weighted by Crippen LogP contribution is -2.49. The number of anilines is 1. The largest absolute Gasteiger partial charge is 0.463 e. The number of aliphatic hydroxyl groups excluding tert-OH is 1. The molecule has 0 aliphatic carbocycles. The zero-order valence-electron chi connectivity index (χ0n) is 26.3. The van der Waals surface area contributed by atoms with E-state index in [0.717, 1.165) is 5.56 Å². The van der Waals surface area contributed by atoms with Crippen LogP contribution in [0.15, 0.2) is 48.8 Å². The number of nitrogens with two attached hydrogens (primary N) is 1. The summed E-state index contributed by atoms with van der Waals surface area (Å²) in [5.74, 6) is -1.68. The van der Waals surface area contributed by atoms with Gasteiger partial charge in [-0.25, -0.2) is 9.50 Å². The van der Waals surface area contributed by atoms with E-state index < -0.39 is 53.9 Å². The Morgan fingerprint density at radius 1 is 1.18 bits per heavy atom. The van der Waals surface area contributed by atoms with Crippen LogP contribution in [0.25, 0.3) is 5.52 Å². The van der Waals surface area contributed by atoms with Crippen molar-refractivity contribution in [1.82, 2.24) is 14.6 Å². The van der Waals surface area contributed by atoms with Crippen molar-refractivity contribution in [3.05, 3.63) is 60.0 Å². The molecule has 1 saturated heterocycles. The van der Waals surface area contributed by atoms with Gasteiger partial charge in [-0.2, -0.15) is 10.4 Å². The van der Waals surface area contributed by atoms with Crippen LogP contribution in [0.1, 0.15) is 52.8 Å². The van der Waals surface area contributed by atoms with Crippen molar-refractivity contribution in [2.24, 2.45) is 23.0 Å². The van der Waals surface area contributed by atoms with Gasteiger partial charge in [0.05, 0.1) is 12.1 Å². The van der Waals surface area contributed by atoms with Gasteiger partial charge in [0.1, 0.15) is 42.8 Å². The number of nitriles is 1. The number of nitrogens with one attached hydrogen (secondary N) is 1. The lowest BCUT2D eigenvalue weighted by Gasteiger charge is -2.29. The second-order valence-electron chi connectivity index (χ2n) is 12.7. The first kappa shape index (κ1) is 33.5. The van der Waals surface area contributed by atoms with E-state index in [4.69, 9.17) is 19.9 Å². The molecule has 0 spiro atoms. The van der Waals surface area contributed by atoms with Gasteiger partial charge >= 0.3 is 11.9 Å². The maximum atomic E-state index is 13.1. The van der Waals surface area contributed by atoms with E-state index in [1.807, 2.05) is 26.0 Å². The Morgan fingerprint density at radius 3 is 2.49 bits per heavy atom. The minimum Gasteiger partial charge on any atom is -0.463 e. The van der Waals surface area contributed by atoms with Crippen LogP contribution in [0.2, 0.25) is 0 Å². The predicted octanol–water partition coefficient (Wildman–Crippen LogP) is 2.51. The van der Waals surface area contributed by atoms with Gasteiger partial charge in [0.15, 0.2) is 11.9 Å². The number of amides is 1.